The Morgan fingerprint density at radius 1 is 1.10 bits per heavy atom. The van der Waals surface area contributed by atoms with Crippen LogP contribution in [-0.2, 0) is 6.18 Å². The van der Waals surface area contributed by atoms with Crippen molar-refractivity contribution in [3.63, 3.8) is 0 Å². The summed E-state index contributed by atoms with van der Waals surface area (Å²) in [5.74, 6) is -1.18. The number of phenolic OH excluding ortho intramolecular Hbond substituents is 1. The molecule has 1 aromatic heterocycles. The fourth-order valence-electron chi connectivity index (χ4n) is 2.75. The maximum Gasteiger partial charge on any atom is 0.417 e. The fraction of sp³-hybridized carbons (Fsp3) is 0.0556. The number of carbonyl (C=O) groups excluding carboxylic acids is 2. The van der Waals surface area contributed by atoms with Gasteiger partial charge in [-0.1, -0.05) is 18.2 Å². The molecule has 6 N–H and O–H groups in total. The number of urea groups is 1. The van der Waals surface area contributed by atoms with Gasteiger partial charge in [0.2, 0.25) is 0 Å². The van der Waals surface area contributed by atoms with E-state index < -0.39 is 23.7 Å². The molecule has 0 fully saturated rings. The van der Waals surface area contributed by atoms with Crippen molar-refractivity contribution in [3.05, 3.63) is 59.9 Å². The summed E-state index contributed by atoms with van der Waals surface area (Å²) in [5, 5.41) is 15.5. The number of hydrogen-bond acceptors (Lipinski definition) is 4. The average molecular weight is 405 g/mol. The van der Waals surface area contributed by atoms with Crippen LogP contribution in [0, 0.1) is 0 Å². The van der Waals surface area contributed by atoms with E-state index in [2.05, 4.69) is 10.4 Å². The second-order valence-electron chi connectivity index (χ2n) is 5.97. The summed E-state index contributed by atoms with van der Waals surface area (Å²) in [7, 11) is 0. The van der Waals surface area contributed by atoms with Crippen molar-refractivity contribution >= 4 is 17.6 Å². The van der Waals surface area contributed by atoms with Crippen molar-refractivity contribution in [2.45, 2.75) is 6.18 Å². The van der Waals surface area contributed by atoms with Crippen LogP contribution in [0.15, 0.2) is 48.7 Å². The summed E-state index contributed by atoms with van der Waals surface area (Å²) in [6.45, 7) is 0. The average Bonchev–Trinajstić information content (AvgIpc) is 3.04. The summed E-state index contributed by atoms with van der Waals surface area (Å²) in [6.07, 6.45) is -3.60. The van der Waals surface area contributed by atoms with Gasteiger partial charge >= 0.3 is 12.2 Å². The Morgan fingerprint density at radius 2 is 1.83 bits per heavy atom. The number of primary amides is 2. The lowest BCUT2D eigenvalue weighted by molar-refractivity contribution is -0.137. The maximum absolute atomic E-state index is 13.7. The molecule has 3 amide bonds. The van der Waals surface area contributed by atoms with Crippen LogP contribution in [0.25, 0.3) is 16.8 Å². The lowest BCUT2D eigenvalue weighted by Crippen LogP contribution is -2.22. The zero-order valence-electron chi connectivity index (χ0n) is 14.6. The van der Waals surface area contributed by atoms with Crippen LogP contribution >= 0.6 is 0 Å². The van der Waals surface area contributed by atoms with Gasteiger partial charge in [-0.05, 0) is 35.4 Å². The van der Waals surface area contributed by atoms with Crippen molar-refractivity contribution in [1.29, 1.82) is 0 Å². The molecule has 0 saturated heterocycles. The highest BCUT2D eigenvalue weighted by molar-refractivity contribution is 6.00. The Hall–Kier alpha value is -4.02. The third-order valence-electron chi connectivity index (χ3n) is 3.94. The summed E-state index contributed by atoms with van der Waals surface area (Å²) >= 11 is 0. The molecule has 11 heteroatoms. The molecule has 0 atom stereocenters. The summed E-state index contributed by atoms with van der Waals surface area (Å²) in [5.41, 5.74) is 8.67. The largest absolute Gasteiger partial charge is 0.508 e. The molecular weight excluding hydrogens is 391 g/mol. The highest BCUT2D eigenvalue weighted by Gasteiger charge is 2.34. The number of rotatable bonds is 4. The van der Waals surface area contributed by atoms with Gasteiger partial charge in [0.15, 0.2) is 5.69 Å². The lowest BCUT2D eigenvalue weighted by Gasteiger charge is -2.15. The molecule has 0 saturated carbocycles. The SMILES string of the molecule is NC(=O)Nc1cn(-c2ccc(-c3cccc(O)c3)c(C(F)(F)F)c2)nc1C(N)=O. The number of nitrogens with zero attached hydrogens (tertiary/aromatic N) is 2. The number of carbonyl (C=O) groups is 2. The Kier molecular flexibility index (Phi) is 4.89. The number of alkyl halides is 3. The maximum atomic E-state index is 13.7. The Labute approximate surface area is 161 Å². The molecule has 0 aliphatic rings. The van der Waals surface area contributed by atoms with Crippen LogP contribution in [-0.4, -0.2) is 26.8 Å². The quantitative estimate of drug-likeness (QED) is 0.530. The molecule has 0 bridgehead atoms. The molecule has 2 aromatic carbocycles. The Balaban J connectivity index is 2.15. The van der Waals surface area contributed by atoms with E-state index in [1.807, 2.05) is 0 Å². The lowest BCUT2D eigenvalue weighted by atomic mass is 9.98. The Morgan fingerprint density at radius 3 is 2.41 bits per heavy atom. The molecule has 0 radical (unpaired) electrons. The van der Waals surface area contributed by atoms with E-state index in [1.54, 1.807) is 0 Å². The van der Waals surface area contributed by atoms with E-state index in [0.717, 1.165) is 16.9 Å². The molecule has 3 rings (SSSR count). The smallest absolute Gasteiger partial charge is 0.417 e. The van der Waals surface area contributed by atoms with Gasteiger partial charge in [0.1, 0.15) is 5.75 Å². The van der Waals surface area contributed by atoms with Crippen LogP contribution in [0.2, 0.25) is 0 Å². The summed E-state index contributed by atoms with van der Waals surface area (Å²) < 4.78 is 42.0. The monoisotopic (exact) mass is 405 g/mol. The molecule has 150 valence electrons. The van der Waals surface area contributed by atoms with E-state index in [-0.39, 0.29) is 33.9 Å². The number of phenols is 1. The number of benzene rings is 2. The third-order valence-corrected chi connectivity index (χ3v) is 3.94. The fourth-order valence-corrected chi connectivity index (χ4v) is 2.75. The molecule has 8 nitrogen and oxygen atoms in total. The predicted molar refractivity (Wildman–Crippen MR) is 97.4 cm³/mol. The van der Waals surface area contributed by atoms with Gasteiger partial charge in [-0.25, -0.2) is 9.48 Å². The number of halogens is 3. The van der Waals surface area contributed by atoms with E-state index in [9.17, 15) is 27.9 Å². The zero-order valence-corrected chi connectivity index (χ0v) is 14.6. The highest BCUT2D eigenvalue weighted by Crippen LogP contribution is 2.39. The van der Waals surface area contributed by atoms with Crippen LogP contribution in [0.1, 0.15) is 16.1 Å². The summed E-state index contributed by atoms with van der Waals surface area (Å²) in [4.78, 5) is 22.6. The first-order chi connectivity index (χ1) is 13.6. The minimum absolute atomic E-state index is 0.0405. The number of aromatic nitrogens is 2. The minimum atomic E-state index is -4.72. The molecule has 1 heterocycles. The van der Waals surface area contributed by atoms with Gasteiger partial charge in [-0.15, -0.1) is 0 Å². The normalized spacial score (nSPS) is 11.3. The standard InChI is InChI=1S/C18H14F3N5O3/c19-18(20,21)13-7-10(4-5-12(13)9-2-1-3-11(27)6-9)26-8-14(24-17(23)29)15(25-26)16(22)28/h1-8,27H,(H2,22,28)(H3,23,24,29). The van der Waals surface area contributed by atoms with Crippen LogP contribution in [0.4, 0.5) is 23.7 Å². The first-order valence-corrected chi connectivity index (χ1v) is 8.03. The van der Waals surface area contributed by atoms with Crippen molar-refractivity contribution in [2.75, 3.05) is 5.32 Å². The van der Waals surface area contributed by atoms with Crippen LogP contribution in [0.3, 0.4) is 0 Å². The van der Waals surface area contributed by atoms with Crippen LogP contribution < -0.4 is 16.8 Å². The molecule has 3 aromatic rings. The van der Waals surface area contributed by atoms with Gasteiger partial charge < -0.3 is 21.9 Å². The van der Waals surface area contributed by atoms with Crippen molar-refractivity contribution in [3.8, 4) is 22.6 Å². The first-order valence-electron chi connectivity index (χ1n) is 8.03. The van der Waals surface area contributed by atoms with Crippen molar-refractivity contribution < 1.29 is 27.9 Å². The van der Waals surface area contributed by atoms with Gasteiger partial charge in [0, 0.05) is 0 Å². The number of amides is 3. The molecule has 0 aliphatic heterocycles. The van der Waals surface area contributed by atoms with E-state index in [0.29, 0.717) is 0 Å². The van der Waals surface area contributed by atoms with Gasteiger partial charge in [-0.3, -0.25) is 4.79 Å². The molecule has 0 aliphatic carbocycles. The van der Waals surface area contributed by atoms with Gasteiger partial charge in [0.05, 0.1) is 23.1 Å². The van der Waals surface area contributed by atoms with Gasteiger partial charge in [-0.2, -0.15) is 18.3 Å². The number of nitrogens with one attached hydrogen (secondary N) is 1. The topological polar surface area (TPSA) is 136 Å². The number of anilines is 1. The predicted octanol–water partition coefficient (Wildman–Crippen LogP) is 2.85. The van der Waals surface area contributed by atoms with Crippen LogP contribution in [0.5, 0.6) is 5.75 Å². The second-order valence-corrected chi connectivity index (χ2v) is 5.97. The minimum Gasteiger partial charge on any atom is -0.508 e. The van der Waals surface area contributed by atoms with Gasteiger partial charge in [0.25, 0.3) is 5.91 Å². The first kappa shape index (κ1) is 19.7. The molecule has 0 spiro atoms. The highest BCUT2D eigenvalue weighted by atomic mass is 19.4. The zero-order chi connectivity index (χ0) is 21.3. The number of nitrogens with two attached hydrogens (primary N) is 2. The molecular formula is C18H14F3N5O3. The summed E-state index contributed by atoms with van der Waals surface area (Å²) in [6, 6.07) is 7.77. The number of hydrogen-bond donors (Lipinski definition) is 4. The second kappa shape index (κ2) is 7.19. The number of aromatic hydroxyl groups is 1. The van der Waals surface area contributed by atoms with E-state index >= 15 is 0 Å². The van der Waals surface area contributed by atoms with Crippen molar-refractivity contribution in [2.24, 2.45) is 11.5 Å². The van der Waals surface area contributed by atoms with Crippen molar-refractivity contribution in [1.82, 2.24) is 9.78 Å². The molecule has 0 unspecified atom stereocenters. The van der Waals surface area contributed by atoms with E-state index in [4.69, 9.17) is 11.5 Å². The third kappa shape index (κ3) is 4.13. The Bertz CT molecular complexity index is 1110. The molecule has 29 heavy (non-hydrogen) atoms. The van der Waals surface area contributed by atoms with E-state index in [1.165, 1.54) is 36.4 Å².